The summed E-state index contributed by atoms with van der Waals surface area (Å²) in [6.07, 6.45) is 2.47. The number of nitrogens with zero attached hydrogens (tertiary/aromatic N) is 1. The Hall–Kier alpha value is -3.43. The number of nitrogens with one attached hydrogen (secondary N) is 1. The number of ether oxygens (including phenoxy) is 1. The molecule has 0 radical (unpaired) electrons. The molecule has 176 valence electrons. The number of thiophene rings is 1. The highest BCUT2D eigenvalue weighted by Gasteiger charge is 2.30. The Balaban J connectivity index is 1.33. The van der Waals surface area contributed by atoms with Crippen molar-refractivity contribution in [1.29, 1.82) is 0 Å². The van der Waals surface area contributed by atoms with Gasteiger partial charge < -0.3 is 10.1 Å². The second-order valence-corrected chi connectivity index (χ2v) is 10.6. The molecule has 0 saturated carbocycles. The van der Waals surface area contributed by atoms with E-state index in [0.29, 0.717) is 30.8 Å². The molecule has 3 aromatic rings. The zero-order valence-electron chi connectivity index (χ0n) is 18.5. The molecule has 4 rings (SSSR count). The van der Waals surface area contributed by atoms with Crippen molar-refractivity contribution < 1.29 is 22.7 Å². The summed E-state index contributed by atoms with van der Waals surface area (Å²) in [6.45, 7) is 2.30. The quantitative estimate of drug-likeness (QED) is 0.379. The first kappa shape index (κ1) is 23.7. The topological polar surface area (TPSA) is 92.8 Å². The third-order valence-corrected chi connectivity index (χ3v) is 8.11. The number of fused-ring (bicyclic) bond motifs is 1. The monoisotopic (exact) mass is 496 g/mol. The van der Waals surface area contributed by atoms with Gasteiger partial charge in [0.1, 0.15) is 0 Å². The van der Waals surface area contributed by atoms with Crippen LogP contribution in [0, 0.1) is 0 Å². The second kappa shape index (κ2) is 10.2. The predicted octanol–water partition coefficient (Wildman–Crippen LogP) is 3.76. The molecule has 34 heavy (non-hydrogen) atoms. The summed E-state index contributed by atoms with van der Waals surface area (Å²) in [5.41, 5.74) is 2.36. The van der Waals surface area contributed by atoms with Gasteiger partial charge in [0, 0.05) is 17.5 Å². The van der Waals surface area contributed by atoms with Gasteiger partial charge in [-0.25, -0.2) is 13.2 Å². The number of hydrogen-bond acceptors (Lipinski definition) is 6. The molecule has 0 saturated heterocycles. The third-order valence-electron chi connectivity index (χ3n) is 5.40. The van der Waals surface area contributed by atoms with E-state index in [4.69, 9.17) is 4.74 Å². The average Bonchev–Trinajstić information content (AvgIpc) is 3.51. The summed E-state index contributed by atoms with van der Waals surface area (Å²) < 4.78 is 32.7. The molecule has 0 aliphatic carbocycles. The summed E-state index contributed by atoms with van der Waals surface area (Å²) in [7, 11) is -3.67. The van der Waals surface area contributed by atoms with E-state index in [9.17, 15) is 18.0 Å². The fourth-order valence-corrected chi connectivity index (χ4v) is 5.75. The van der Waals surface area contributed by atoms with Crippen LogP contribution in [-0.4, -0.2) is 32.9 Å². The van der Waals surface area contributed by atoms with Crippen LogP contribution in [0.5, 0.6) is 0 Å². The lowest BCUT2D eigenvalue weighted by Crippen LogP contribution is -2.34. The maximum Gasteiger partial charge on any atom is 0.331 e. The number of esters is 1. The van der Waals surface area contributed by atoms with Crippen LogP contribution in [0.4, 0.5) is 5.69 Å². The largest absolute Gasteiger partial charge is 0.449 e. The molecule has 1 aliphatic heterocycles. The summed E-state index contributed by atoms with van der Waals surface area (Å²) in [4.78, 5) is 25.4. The third kappa shape index (κ3) is 5.37. The maximum absolute atomic E-state index is 13.1. The molecule has 9 heteroatoms. The Labute approximate surface area is 202 Å². The van der Waals surface area contributed by atoms with Gasteiger partial charge in [-0.15, -0.1) is 11.3 Å². The van der Waals surface area contributed by atoms with E-state index in [0.717, 1.165) is 10.4 Å². The van der Waals surface area contributed by atoms with Gasteiger partial charge in [-0.2, -0.15) is 0 Å². The lowest BCUT2D eigenvalue weighted by atomic mass is 10.2. The van der Waals surface area contributed by atoms with Crippen molar-refractivity contribution in [1.82, 2.24) is 5.32 Å². The van der Waals surface area contributed by atoms with Gasteiger partial charge in [0.25, 0.3) is 15.9 Å². The molecule has 0 fully saturated rings. The predicted molar refractivity (Wildman–Crippen MR) is 132 cm³/mol. The number of hydrogen-bond donors (Lipinski definition) is 1. The van der Waals surface area contributed by atoms with Crippen molar-refractivity contribution in [2.24, 2.45) is 0 Å². The molecular formula is C25H24N2O5S2. The van der Waals surface area contributed by atoms with E-state index in [2.05, 4.69) is 5.32 Å². The fourth-order valence-electron chi connectivity index (χ4n) is 3.60. The van der Waals surface area contributed by atoms with Crippen molar-refractivity contribution in [3.63, 3.8) is 0 Å². The lowest BCUT2D eigenvalue weighted by molar-refractivity contribution is -0.150. The van der Waals surface area contributed by atoms with E-state index < -0.39 is 22.1 Å². The molecule has 1 atom stereocenters. The minimum Gasteiger partial charge on any atom is -0.449 e. The number of benzene rings is 2. The van der Waals surface area contributed by atoms with Crippen LogP contribution < -0.4 is 9.62 Å². The van der Waals surface area contributed by atoms with Gasteiger partial charge >= 0.3 is 5.97 Å². The van der Waals surface area contributed by atoms with Crippen molar-refractivity contribution in [2.45, 2.75) is 30.9 Å². The summed E-state index contributed by atoms with van der Waals surface area (Å²) >= 11 is 1.53. The Morgan fingerprint density at radius 3 is 2.62 bits per heavy atom. The molecular weight excluding hydrogens is 472 g/mol. The molecule has 7 nitrogen and oxygen atoms in total. The number of carbonyl (C=O) groups is 2. The van der Waals surface area contributed by atoms with E-state index in [-0.39, 0.29) is 10.8 Å². The Kier molecular flexibility index (Phi) is 7.14. The van der Waals surface area contributed by atoms with Crippen molar-refractivity contribution >= 4 is 45.0 Å². The van der Waals surface area contributed by atoms with E-state index >= 15 is 0 Å². The number of anilines is 1. The molecule has 0 spiro atoms. The number of amides is 1. The van der Waals surface area contributed by atoms with Crippen LogP contribution in [0.25, 0.3) is 6.08 Å². The molecule has 2 heterocycles. The van der Waals surface area contributed by atoms with Crippen LogP contribution in [0.3, 0.4) is 0 Å². The summed E-state index contributed by atoms with van der Waals surface area (Å²) in [5.74, 6) is -1.04. The average molecular weight is 497 g/mol. The van der Waals surface area contributed by atoms with Crippen molar-refractivity contribution in [2.75, 3.05) is 10.8 Å². The first-order valence-electron chi connectivity index (χ1n) is 10.7. The van der Waals surface area contributed by atoms with Gasteiger partial charge in [-0.3, -0.25) is 9.10 Å². The Morgan fingerprint density at radius 1 is 1.12 bits per heavy atom. The Morgan fingerprint density at radius 2 is 1.88 bits per heavy atom. The van der Waals surface area contributed by atoms with Crippen LogP contribution in [0.2, 0.25) is 0 Å². The second-order valence-electron chi connectivity index (χ2n) is 7.73. The number of carbonyl (C=O) groups excluding carboxylic acids is 2. The van der Waals surface area contributed by atoms with E-state index in [1.165, 1.54) is 46.9 Å². The van der Waals surface area contributed by atoms with Crippen LogP contribution in [0.1, 0.15) is 22.9 Å². The minimum atomic E-state index is -3.67. The van der Waals surface area contributed by atoms with Gasteiger partial charge in [0.2, 0.25) is 0 Å². The molecule has 1 amide bonds. The first-order chi connectivity index (χ1) is 16.3. The molecule has 1 unspecified atom stereocenters. The number of para-hydroxylation sites is 1. The van der Waals surface area contributed by atoms with E-state index in [1.54, 1.807) is 12.1 Å². The molecule has 1 aromatic heterocycles. The van der Waals surface area contributed by atoms with Crippen molar-refractivity contribution in [3.05, 3.63) is 88.1 Å². The van der Waals surface area contributed by atoms with Gasteiger partial charge in [-0.05, 0) is 60.2 Å². The fraction of sp³-hybridized carbons (Fsp3) is 0.200. The zero-order chi connectivity index (χ0) is 24.1. The molecule has 1 N–H and O–H groups in total. The normalized spacial score (nSPS) is 14.1. The Bertz CT molecular complexity index is 1300. The number of rotatable bonds is 8. The summed E-state index contributed by atoms with van der Waals surface area (Å²) in [5, 5.41) is 4.64. The van der Waals surface area contributed by atoms with Gasteiger partial charge in [-0.1, -0.05) is 36.4 Å². The van der Waals surface area contributed by atoms with Gasteiger partial charge in [0.15, 0.2) is 6.10 Å². The highest BCUT2D eigenvalue weighted by Crippen LogP contribution is 2.32. The van der Waals surface area contributed by atoms with Crippen LogP contribution in [0.15, 0.2) is 77.0 Å². The highest BCUT2D eigenvalue weighted by atomic mass is 32.2. The lowest BCUT2D eigenvalue weighted by Gasteiger charge is -2.19. The zero-order valence-corrected chi connectivity index (χ0v) is 20.1. The SMILES string of the molecule is CC(OC(=O)/C=C/c1ccc(S(=O)(=O)N2CCc3ccccc32)cc1)C(=O)NCc1cccs1. The maximum atomic E-state index is 13.1. The molecule has 2 aromatic carbocycles. The summed E-state index contributed by atoms with van der Waals surface area (Å²) in [6, 6.07) is 17.6. The minimum absolute atomic E-state index is 0.181. The molecule has 0 bridgehead atoms. The first-order valence-corrected chi connectivity index (χ1v) is 13.1. The standard InChI is InChI=1S/C25H24N2O5S2/c1-18(25(29)26-17-21-6-4-16-33-21)32-24(28)13-10-19-8-11-22(12-9-19)34(30,31)27-15-14-20-5-2-3-7-23(20)27/h2-13,16,18H,14-15,17H2,1H3,(H,26,29)/b13-10+. The van der Waals surface area contributed by atoms with E-state index in [1.807, 2.05) is 41.8 Å². The molecule has 1 aliphatic rings. The van der Waals surface area contributed by atoms with Crippen LogP contribution >= 0.6 is 11.3 Å². The highest BCUT2D eigenvalue weighted by molar-refractivity contribution is 7.92. The smallest absolute Gasteiger partial charge is 0.331 e. The van der Waals surface area contributed by atoms with Crippen molar-refractivity contribution in [3.8, 4) is 0 Å². The van der Waals surface area contributed by atoms with Crippen LogP contribution in [-0.2, 0) is 37.3 Å². The number of sulfonamides is 1. The van der Waals surface area contributed by atoms with Gasteiger partial charge in [0.05, 0.1) is 17.1 Å².